The van der Waals surface area contributed by atoms with Gasteiger partial charge in [-0.05, 0) is 40.3 Å². The zero-order valence-electron chi connectivity index (χ0n) is 9.82. The molecule has 5 nitrogen and oxygen atoms in total. The van der Waals surface area contributed by atoms with Crippen molar-refractivity contribution in [1.29, 1.82) is 0 Å². The molecule has 0 heterocycles. The first-order valence-corrected chi connectivity index (χ1v) is 5.40. The summed E-state index contributed by atoms with van der Waals surface area (Å²) in [4.78, 5) is 2.27. The predicted octanol–water partition coefficient (Wildman–Crippen LogP) is 0.195. The van der Waals surface area contributed by atoms with Crippen molar-refractivity contribution < 1.29 is 5.21 Å². The minimum atomic E-state index is -0.0765. The van der Waals surface area contributed by atoms with Crippen molar-refractivity contribution >= 4 is 5.84 Å². The summed E-state index contributed by atoms with van der Waals surface area (Å²) >= 11 is 0. The molecule has 1 aliphatic carbocycles. The Hall–Kier alpha value is -0.810. The molecule has 1 rings (SSSR count). The zero-order chi connectivity index (χ0) is 11.5. The number of oxime groups is 1. The van der Waals surface area contributed by atoms with Crippen LogP contribution in [-0.2, 0) is 0 Å². The molecular formula is C10H22N4O. The van der Waals surface area contributed by atoms with Crippen LogP contribution in [0.5, 0.6) is 0 Å². The molecule has 1 saturated carbocycles. The van der Waals surface area contributed by atoms with Crippen LogP contribution >= 0.6 is 0 Å². The highest BCUT2D eigenvalue weighted by Crippen LogP contribution is 2.35. The Morgan fingerprint density at radius 2 is 2.20 bits per heavy atom. The Morgan fingerprint density at radius 3 is 2.53 bits per heavy atom. The lowest BCUT2D eigenvalue weighted by Crippen LogP contribution is -2.58. The Labute approximate surface area is 91.3 Å². The Bertz CT molecular complexity index is 236. The monoisotopic (exact) mass is 214 g/mol. The van der Waals surface area contributed by atoms with Crippen molar-refractivity contribution in [2.75, 3.05) is 20.6 Å². The van der Waals surface area contributed by atoms with E-state index in [9.17, 15) is 0 Å². The SMILES string of the molecule is CC(NCC1(N(C)C)CCC1)C(N)=NO. The van der Waals surface area contributed by atoms with Crippen LogP contribution in [0, 0.1) is 0 Å². The molecule has 0 aliphatic heterocycles. The molecule has 0 aromatic rings. The summed E-state index contributed by atoms with van der Waals surface area (Å²) in [6, 6.07) is -0.0765. The molecule has 0 aromatic carbocycles. The van der Waals surface area contributed by atoms with Gasteiger partial charge in [-0.3, -0.25) is 0 Å². The van der Waals surface area contributed by atoms with E-state index in [0.717, 1.165) is 6.54 Å². The number of amidine groups is 1. The van der Waals surface area contributed by atoms with Crippen LogP contribution in [0.1, 0.15) is 26.2 Å². The van der Waals surface area contributed by atoms with Gasteiger partial charge in [0.25, 0.3) is 0 Å². The first-order valence-electron chi connectivity index (χ1n) is 5.40. The number of nitrogens with one attached hydrogen (secondary N) is 1. The normalized spacial score (nSPS) is 22.5. The van der Waals surface area contributed by atoms with Gasteiger partial charge in [0.05, 0.1) is 6.04 Å². The van der Waals surface area contributed by atoms with E-state index in [1.165, 1.54) is 19.3 Å². The topological polar surface area (TPSA) is 73.9 Å². The lowest BCUT2D eigenvalue weighted by atomic mass is 9.75. The molecule has 1 unspecified atom stereocenters. The van der Waals surface area contributed by atoms with Crippen molar-refractivity contribution in [3.05, 3.63) is 0 Å². The summed E-state index contributed by atoms with van der Waals surface area (Å²) in [5.74, 6) is 0.239. The minimum absolute atomic E-state index is 0.0765. The second-order valence-corrected chi connectivity index (χ2v) is 4.60. The molecule has 5 heteroatoms. The Balaban J connectivity index is 2.42. The van der Waals surface area contributed by atoms with Crippen molar-refractivity contribution in [2.24, 2.45) is 10.9 Å². The van der Waals surface area contributed by atoms with Gasteiger partial charge in [-0.2, -0.15) is 0 Å². The van der Waals surface area contributed by atoms with Gasteiger partial charge >= 0.3 is 0 Å². The van der Waals surface area contributed by atoms with Crippen LogP contribution in [0.4, 0.5) is 0 Å². The summed E-state index contributed by atoms with van der Waals surface area (Å²) in [6.07, 6.45) is 3.73. The summed E-state index contributed by atoms with van der Waals surface area (Å²) in [7, 11) is 4.21. The molecule has 0 radical (unpaired) electrons. The number of likely N-dealkylation sites (N-methyl/N-ethyl adjacent to an activating group) is 1. The molecule has 0 bridgehead atoms. The maximum atomic E-state index is 8.53. The molecule has 0 saturated heterocycles. The minimum Gasteiger partial charge on any atom is -0.409 e. The van der Waals surface area contributed by atoms with Gasteiger partial charge in [0.2, 0.25) is 0 Å². The fourth-order valence-electron chi connectivity index (χ4n) is 1.90. The smallest absolute Gasteiger partial charge is 0.156 e. The summed E-state index contributed by atoms with van der Waals surface area (Å²) in [5.41, 5.74) is 5.77. The molecule has 1 atom stereocenters. The highest BCUT2D eigenvalue weighted by molar-refractivity contribution is 5.84. The Morgan fingerprint density at radius 1 is 1.60 bits per heavy atom. The van der Waals surface area contributed by atoms with E-state index >= 15 is 0 Å². The number of nitrogens with two attached hydrogens (primary N) is 1. The maximum Gasteiger partial charge on any atom is 0.156 e. The number of hydrogen-bond acceptors (Lipinski definition) is 4. The standard InChI is InChI=1S/C10H22N4O/c1-8(9(11)13-15)12-7-10(14(2)3)5-4-6-10/h8,12,15H,4-7H2,1-3H3,(H2,11,13). The molecule has 0 spiro atoms. The van der Waals surface area contributed by atoms with E-state index in [1.54, 1.807) is 0 Å². The average Bonchev–Trinajstić information content (AvgIpc) is 2.14. The van der Waals surface area contributed by atoms with Crippen molar-refractivity contribution in [1.82, 2.24) is 10.2 Å². The van der Waals surface area contributed by atoms with Crippen LogP contribution in [0.15, 0.2) is 5.16 Å². The van der Waals surface area contributed by atoms with Gasteiger partial charge in [-0.15, -0.1) is 0 Å². The first-order chi connectivity index (χ1) is 7.02. The molecule has 0 aromatic heterocycles. The van der Waals surface area contributed by atoms with E-state index in [1.807, 2.05) is 6.92 Å². The fraction of sp³-hybridized carbons (Fsp3) is 0.900. The van der Waals surface area contributed by atoms with E-state index in [4.69, 9.17) is 10.9 Å². The number of rotatable bonds is 5. The molecule has 0 amide bonds. The van der Waals surface area contributed by atoms with E-state index in [0.29, 0.717) is 0 Å². The van der Waals surface area contributed by atoms with Gasteiger partial charge in [-0.1, -0.05) is 5.16 Å². The zero-order valence-corrected chi connectivity index (χ0v) is 9.82. The van der Waals surface area contributed by atoms with Crippen molar-refractivity contribution in [3.8, 4) is 0 Å². The van der Waals surface area contributed by atoms with Crippen LogP contribution in [0.2, 0.25) is 0 Å². The summed E-state index contributed by atoms with van der Waals surface area (Å²) in [5, 5.41) is 14.8. The van der Waals surface area contributed by atoms with Gasteiger partial charge < -0.3 is 21.2 Å². The van der Waals surface area contributed by atoms with E-state index < -0.39 is 0 Å². The van der Waals surface area contributed by atoms with Crippen LogP contribution in [0.25, 0.3) is 0 Å². The van der Waals surface area contributed by atoms with Gasteiger partial charge in [0.1, 0.15) is 0 Å². The number of nitrogens with zero attached hydrogens (tertiary/aromatic N) is 2. The summed E-state index contributed by atoms with van der Waals surface area (Å²) < 4.78 is 0. The molecular weight excluding hydrogens is 192 g/mol. The fourth-order valence-corrected chi connectivity index (χ4v) is 1.90. The first kappa shape index (κ1) is 12.3. The van der Waals surface area contributed by atoms with Gasteiger partial charge in [0.15, 0.2) is 5.84 Å². The largest absolute Gasteiger partial charge is 0.409 e. The average molecular weight is 214 g/mol. The molecule has 1 aliphatic rings. The van der Waals surface area contributed by atoms with E-state index in [2.05, 4.69) is 29.5 Å². The summed E-state index contributed by atoms with van der Waals surface area (Å²) in [6.45, 7) is 2.79. The van der Waals surface area contributed by atoms with E-state index in [-0.39, 0.29) is 17.4 Å². The third-order valence-electron chi connectivity index (χ3n) is 3.53. The van der Waals surface area contributed by atoms with Crippen LogP contribution in [-0.4, -0.2) is 48.2 Å². The maximum absolute atomic E-state index is 8.53. The number of hydrogen-bond donors (Lipinski definition) is 3. The second-order valence-electron chi connectivity index (χ2n) is 4.60. The quantitative estimate of drug-likeness (QED) is 0.264. The van der Waals surface area contributed by atoms with Crippen molar-refractivity contribution in [3.63, 3.8) is 0 Å². The lowest BCUT2D eigenvalue weighted by Gasteiger charge is -2.48. The highest BCUT2D eigenvalue weighted by atomic mass is 16.4. The Kier molecular flexibility index (Phi) is 3.93. The molecule has 1 fully saturated rings. The predicted molar refractivity (Wildman–Crippen MR) is 61.1 cm³/mol. The third-order valence-corrected chi connectivity index (χ3v) is 3.53. The van der Waals surface area contributed by atoms with Gasteiger partial charge in [-0.25, -0.2) is 0 Å². The highest BCUT2D eigenvalue weighted by Gasteiger charge is 2.38. The second kappa shape index (κ2) is 4.81. The lowest BCUT2D eigenvalue weighted by molar-refractivity contribution is 0.0593. The van der Waals surface area contributed by atoms with Crippen LogP contribution in [0.3, 0.4) is 0 Å². The van der Waals surface area contributed by atoms with Crippen LogP contribution < -0.4 is 11.1 Å². The van der Waals surface area contributed by atoms with Crippen molar-refractivity contribution in [2.45, 2.75) is 37.8 Å². The molecule has 88 valence electrons. The van der Waals surface area contributed by atoms with Gasteiger partial charge in [0, 0.05) is 12.1 Å². The molecule has 15 heavy (non-hydrogen) atoms. The molecule has 4 N–H and O–H groups in total. The third kappa shape index (κ3) is 2.60.